The fraction of sp³-hybridized carbons (Fsp3) is 0.600. The lowest BCUT2D eigenvalue weighted by Gasteiger charge is -2.31. The molecule has 3 nitrogen and oxygen atoms in total. The molecule has 0 spiro atoms. The summed E-state index contributed by atoms with van der Waals surface area (Å²) in [5, 5.41) is 0. The highest BCUT2D eigenvalue weighted by molar-refractivity contribution is 5.45. The Morgan fingerprint density at radius 1 is 1.17 bits per heavy atom. The summed E-state index contributed by atoms with van der Waals surface area (Å²) in [4.78, 5) is 4.67. The van der Waals surface area contributed by atoms with Crippen LogP contribution in [0.4, 0.5) is 5.69 Å². The maximum atomic E-state index is 5.72. The molecule has 1 saturated heterocycles. The first-order chi connectivity index (χ1) is 8.69. The van der Waals surface area contributed by atoms with E-state index < -0.39 is 0 Å². The van der Waals surface area contributed by atoms with Crippen molar-refractivity contribution >= 4 is 5.69 Å². The van der Waals surface area contributed by atoms with E-state index in [0.29, 0.717) is 0 Å². The molecular weight excluding hydrogens is 222 g/mol. The van der Waals surface area contributed by atoms with E-state index >= 15 is 0 Å². The van der Waals surface area contributed by atoms with E-state index in [1.54, 1.807) is 0 Å². The second-order valence-electron chi connectivity index (χ2n) is 5.52. The lowest BCUT2D eigenvalue weighted by Crippen LogP contribution is -2.35. The van der Waals surface area contributed by atoms with Crippen molar-refractivity contribution in [1.82, 2.24) is 4.90 Å². The molecule has 0 bridgehead atoms. The molecule has 0 aromatic heterocycles. The van der Waals surface area contributed by atoms with Crippen molar-refractivity contribution < 1.29 is 0 Å². The molecule has 0 unspecified atom stereocenters. The number of rotatable bonds is 4. The highest BCUT2D eigenvalue weighted by Gasteiger charge is 2.17. The normalized spacial score (nSPS) is 17.9. The Kier molecular flexibility index (Phi) is 4.61. The smallest absolute Gasteiger partial charge is 0.0361 e. The number of hydrogen-bond donors (Lipinski definition) is 1. The Bertz CT molecular complexity index is 351. The second kappa shape index (κ2) is 6.21. The van der Waals surface area contributed by atoms with Gasteiger partial charge in [0.1, 0.15) is 0 Å². The molecule has 0 saturated carbocycles. The molecule has 0 atom stereocenters. The van der Waals surface area contributed by atoms with Crippen molar-refractivity contribution in [2.24, 2.45) is 11.7 Å². The van der Waals surface area contributed by atoms with Gasteiger partial charge in [-0.15, -0.1) is 0 Å². The zero-order chi connectivity index (χ0) is 13.0. The highest BCUT2D eigenvalue weighted by atomic mass is 15.1. The van der Waals surface area contributed by atoms with Crippen LogP contribution in [-0.2, 0) is 6.54 Å². The van der Waals surface area contributed by atoms with Crippen LogP contribution < -0.4 is 10.6 Å². The van der Waals surface area contributed by atoms with Gasteiger partial charge in [0.25, 0.3) is 0 Å². The van der Waals surface area contributed by atoms with Gasteiger partial charge in [-0.3, -0.25) is 4.90 Å². The molecule has 2 N–H and O–H groups in total. The van der Waals surface area contributed by atoms with E-state index in [4.69, 9.17) is 5.73 Å². The Hall–Kier alpha value is -1.06. The molecule has 0 aliphatic carbocycles. The molecule has 18 heavy (non-hydrogen) atoms. The van der Waals surface area contributed by atoms with Crippen LogP contribution in [0.2, 0.25) is 0 Å². The third-order valence-corrected chi connectivity index (χ3v) is 3.90. The van der Waals surface area contributed by atoms with Crippen LogP contribution in [-0.4, -0.2) is 38.6 Å². The minimum absolute atomic E-state index is 0.748. The maximum absolute atomic E-state index is 5.72. The number of likely N-dealkylation sites (tertiary alicyclic amines) is 1. The number of piperidine rings is 1. The van der Waals surface area contributed by atoms with Crippen LogP contribution in [0, 0.1) is 5.92 Å². The van der Waals surface area contributed by atoms with Gasteiger partial charge in [-0.25, -0.2) is 0 Å². The maximum Gasteiger partial charge on any atom is 0.0361 e. The monoisotopic (exact) mass is 247 g/mol. The number of benzene rings is 1. The van der Waals surface area contributed by atoms with E-state index in [0.717, 1.165) is 19.0 Å². The molecule has 1 aromatic rings. The van der Waals surface area contributed by atoms with Gasteiger partial charge in [0.2, 0.25) is 0 Å². The molecular formula is C15H25N3. The molecule has 1 fully saturated rings. The summed E-state index contributed by atoms with van der Waals surface area (Å²) < 4.78 is 0. The minimum Gasteiger partial charge on any atom is -0.378 e. The average molecular weight is 247 g/mol. The zero-order valence-corrected chi connectivity index (χ0v) is 11.6. The van der Waals surface area contributed by atoms with Crippen molar-refractivity contribution in [3.8, 4) is 0 Å². The predicted octanol–water partition coefficient (Wildman–Crippen LogP) is 1.92. The zero-order valence-electron chi connectivity index (χ0n) is 11.6. The fourth-order valence-corrected chi connectivity index (χ4v) is 2.54. The summed E-state index contributed by atoms with van der Waals surface area (Å²) in [6.45, 7) is 4.31. The predicted molar refractivity (Wildman–Crippen MR) is 77.8 cm³/mol. The average Bonchev–Trinajstić information content (AvgIpc) is 2.40. The van der Waals surface area contributed by atoms with Crippen molar-refractivity contribution in [1.29, 1.82) is 0 Å². The van der Waals surface area contributed by atoms with Gasteiger partial charge in [0.05, 0.1) is 0 Å². The quantitative estimate of drug-likeness (QED) is 0.882. The summed E-state index contributed by atoms with van der Waals surface area (Å²) in [5.74, 6) is 0.748. The Morgan fingerprint density at radius 3 is 2.28 bits per heavy atom. The molecule has 3 heteroatoms. The van der Waals surface area contributed by atoms with Crippen LogP contribution in [0.5, 0.6) is 0 Å². The molecule has 1 aromatic carbocycles. The summed E-state index contributed by atoms with van der Waals surface area (Å²) in [6.07, 6.45) is 2.51. The number of hydrogen-bond acceptors (Lipinski definition) is 3. The fourth-order valence-electron chi connectivity index (χ4n) is 2.54. The SMILES string of the molecule is CN(C)c1ccc(CN2CCC(CN)CC2)cc1. The van der Waals surface area contributed by atoms with Gasteiger partial charge < -0.3 is 10.6 Å². The number of nitrogens with two attached hydrogens (primary N) is 1. The van der Waals surface area contributed by atoms with Crippen LogP contribution >= 0.6 is 0 Å². The van der Waals surface area contributed by atoms with Crippen LogP contribution in [0.25, 0.3) is 0 Å². The van der Waals surface area contributed by atoms with E-state index in [1.165, 1.54) is 37.2 Å². The summed E-state index contributed by atoms with van der Waals surface area (Å²) in [7, 11) is 4.15. The van der Waals surface area contributed by atoms with Crippen molar-refractivity contribution in [2.75, 3.05) is 38.6 Å². The van der Waals surface area contributed by atoms with Gasteiger partial charge >= 0.3 is 0 Å². The van der Waals surface area contributed by atoms with E-state index in [1.807, 2.05) is 0 Å². The molecule has 2 rings (SSSR count). The first-order valence-corrected chi connectivity index (χ1v) is 6.87. The summed E-state index contributed by atoms with van der Waals surface area (Å²) in [6, 6.07) is 8.87. The first-order valence-electron chi connectivity index (χ1n) is 6.87. The second-order valence-corrected chi connectivity index (χ2v) is 5.52. The topological polar surface area (TPSA) is 32.5 Å². The molecule has 100 valence electrons. The van der Waals surface area contributed by atoms with Gasteiger partial charge in [-0.05, 0) is 56.1 Å². The third-order valence-electron chi connectivity index (χ3n) is 3.90. The number of nitrogens with zero attached hydrogens (tertiary/aromatic N) is 2. The van der Waals surface area contributed by atoms with Crippen LogP contribution in [0.15, 0.2) is 24.3 Å². The standard InChI is InChI=1S/C15H25N3/c1-17(2)15-5-3-14(4-6-15)12-18-9-7-13(11-16)8-10-18/h3-6,13H,7-12,16H2,1-2H3. The van der Waals surface area contributed by atoms with Crippen LogP contribution in [0.1, 0.15) is 18.4 Å². The highest BCUT2D eigenvalue weighted by Crippen LogP contribution is 2.19. The molecule has 0 radical (unpaired) electrons. The van der Waals surface area contributed by atoms with E-state index in [2.05, 4.69) is 48.2 Å². The molecule has 0 amide bonds. The van der Waals surface area contributed by atoms with Gasteiger partial charge in [0, 0.05) is 26.3 Å². The van der Waals surface area contributed by atoms with Crippen molar-refractivity contribution in [2.45, 2.75) is 19.4 Å². The molecule has 1 aliphatic rings. The third kappa shape index (κ3) is 3.47. The largest absolute Gasteiger partial charge is 0.378 e. The molecule has 1 aliphatic heterocycles. The van der Waals surface area contributed by atoms with Gasteiger partial charge in [-0.1, -0.05) is 12.1 Å². The van der Waals surface area contributed by atoms with Gasteiger partial charge in [0.15, 0.2) is 0 Å². The van der Waals surface area contributed by atoms with Gasteiger partial charge in [-0.2, -0.15) is 0 Å². The summed E-state index contributed by atoms with van der Waals surface area (Å²) in [5.41, 5.74) is 8.40. The summed E-state index contributed by atoms with van der Waals surface area (Å²) >= 11 is 0. The Balaban J connectivity index is 1.86. The number of anilines is 1. The molecule has 1 heterocycles. The Labute approximate surface area is 111 Å². The van der Waals surface area contributed by atoms with Crippen molar-refractivity contribution in [3.63, 3.8) is 0 Å². The minimum atomic E-state index is 0.748. The lowest BCUT2D eigenvalue weighted by atomic mass is 9.97. The lowest BCUT2D eigenvalue weighted by molar-refractivity contribution is 0.180. The van der Waals surface area contributed by atoms with Crippen molar-refractivity contribution in [3.05, 3.63) is 29.8 Å². The Morgan fingerprint density at radius 2 is 1.78 bits per heavy atom. The van der Waals surface area contributed by atoms with Crippen LogP contribution in [0.3, 0.4) is 0 Å². The van der Waals surface area contributed by atoms with E-state index in [9.17, 15) is 0 Å². The first kappa shape index (κ1) is 13.4. The van der Waals surface area contributed by atoms with E-state index in [-0.39, 0.29) is 0 Å².